The molecule has 0 N–H and O–H groups in total. The van der Waals surface area contributed by atoms with Gasteiger partial charge in [0.05, 0.1) is 26.7 Å². The first kappa shape index (κ1) is 20.0. The lowest BCUT2D eigenvalue weighted by Crippen LogP contribution is -2.55. The van der Waals surface area contributed by atoms with Gasteiger partial charge in [-0.05, 0) is 6.42 Å². The third-order valence-corrected chi connectivity index (χ3v) is 5.70. The zero-order valence-corrected chi connectivity index (χ0v) is 16.9. The van der Waals surface area contributed by atoms with Gasteiger partial charge in [0.15, 0.2) is 5.75 Å². The maximum absolute atomic E-state index is 13.4. The number of hydrogen-bond acceptors (Lipinski definition) is 7. The summed E-state index contributed by atoms with van der Waals surface area (Å²) in [6.45, 7) is 2.30. The van der Waals surface area contributed by atoms with E-state index in [0.717, 1.165) is 5.70 Å². The molecule has 0 saturated heterocycles. The Morgan fingerprint density at radius 2 is 2.04 bits per heavy atom. The van der Waals surface area contributed by atoms with Crippen molar-refractivity contribution in [3.05, 3.63) is 28.4 Å². The molecule has 1 spiro atoms. The van der Waals surface area contributed by atoms with Gasteiger partial charge in [-0.25, -0.2) is 0 Å². The fraction of sp³-hybridized carbons (Fsp3) is 0.450. The van der Waals surface area contributed by atoms with Crippen LogP contribution < -0.4 is 14.2 Å². The van der Waals surface area contributed by atoms with Gasteiger partial charge in [-0.15, -0.1) is 0 Å². The van der Waals surface area contributed by atoms with Crippen LogP contribution in [0.15, 0.2) is 17.8 Å². The van der Waals surface area contributed by atoms with E-state index < -0.39 is 23.1 Å². The van der Waals surface area contributed by atoms with E-state index in [4.69, 9.17) is 31.1 Å². The summed E-state index contributed by atoms with van der Waals surface area (Å²) in [4.78, 5) is 28.4. The number of ether oxygens (including phenoxy) is 3. The van der Waals surface area contributed by atoms with Gasteiger partial charge in [0.1, 0.15) is 22.1 Å². The van der Waals surface area contributed by atoms with E-state index >= 15 is 0 Å². The minimum atomic E-state index is -1.68. The zero-order chi connectivity index (χ0) is 20.6. The van der Waals surface area contributed by atoms with E-state index in [9.17, 15) is 9.59 Å². The lowest BCUT2D eigenvalue weighted by atomic mass is 9.74. The van der Waals surface area contributed by atoms with Crippen molar-refractivity contribution in [3.8, 4) is 23.3 Å². The number of carbonyl (C=O) groups excluding carboxylic acids is 2. The summed E-state index contributed by atoms with van der Waals surface area (Å²) in [6.07, 6.45) is 2.22. The molecule has 1 heterocycles. The number of rotatable bonds is 5. The lowest BCUT2D eigenvalue weighted by molar-refractivity contribution is -0.129. The number of fused-ring (bicyclic) bond motifs is 1. The first-order chi connectivity index (χ1) is 13.3. The standard InChI is InChI=1S/C20H21ClN2O5/c1-11-8-12(23(2)7-5-6-22)9-15(24)20(11)19(25)16-13(26-3)10-14(27-4)17(21)18(16)28-20/h9-11H,5,7-8H2,1-4H3/t11-,20+/m1/s1. The predicted molar refractivity (Wildman–Crippen MR) is 102 cm³/mol. The van der Waals surface area contributed by atoms with E-state index in [1.807, 2.05) is 11.9 Å². The normalized spacial score (nSPS) is 23.0. The molecule has 8 heteroatoms. The van der Waals surface area contributed by atoms with Crippen LogP contribution in [0.1, 0.15) is 30.1 Å². The van der Waals surface area contributed by atoms with Crippen LogP contribution >= 0.6 is 11.6 Å². The Balaban J connectivity index is 2.05. The molecule has 0 amide bonds. The molecule has 0 fully saturated rings. The van der Waals surface area contributed by atoms with Crippen LogP contribution in [0.25, 0.3) is 0 Å². The highest BCUT2D eigenvalue weighted by molar-refractivity contribution is 6.36. The van der Waals surface area contributed by atoms with Gasteiger partial charge in [-0.2, -0.15) is 5.26 Å². The molecule has 0 radical (unpaired) electrons. The van der Waals surface area contributed by atoms with E-state index in [1.54, 1.807) is 6.92 Å². The molecule has 0 unspecified atom stereocenters. The number of nitrogens with zero attached hydrogens (tertiary/aromatic N) is 2. The number of nitriles is 1. The average Bonchev–Trinajstić information content (AvgIpc) is 2.99. The molecule has 148 valence electrons. The maximum Gasteiger partial charge on any atom is 0.236 e. The second kappa shape index (κ2) is 7.36. The number of carbonyl (C=O) groups is 2. The van der Waals surface area contributed by atoms with Crippen molar-refractivity contribution < 1.29 is 23.8 Å². The predicted octanol–water partition coefficient (Wildman–Crippen LogP) is 3.01. The Morgan fingerprint density at radius 1 is 1.36 bits per heavy atom. The topological polar surface area (TPSA) is 88.9 Å². The second-order valence-electron chi connectivity index (χ2n) is 6.90. The van der Waals surface area contributed by atoms with Crippen LogP contribution in [0.4, 0.5) is 0 Å². The zero-order valence-electron chi connectivity index (χ0n) is 16.2. The van der Waals surface area contributed by atoms with Crippen molar-refractivity contribution in [1.82, 2.24) is 4.90 Å². The van der Waals surface area contributed by atoms with Gasteiger partial charge in [0.2, 0.25) is 17.2 Å². The van der Waals surface area contributed by atoms with Gasteiger partial charge in [0, 0.05) is 37.3 Å². The van der Waals surface area contributed by atoms with Crippen LogP contribution in [0.5, 0.6) is 17.2 Å². The van der Waals surface area contributed by atoms with Crippen molar-refractivity contribution in [1.29, 1.82) is 5.26 Å². The molecule has 28 heavy (non-hydrogen) atoms. The van der Waals surface area contributed by atoms with Crippen molar-refractivity contribution >= 4 is 23.2 Å². The van der Waals surface area contributed by atoms with Crippen LogP contribution in [-0.2, 0) is 4.79 Å². The number of methoxy groups -OCH3 is 2. The number of hydrogen-bond donors (Lipinski definition) is 0. The Bertz CT molecular complexity index is 920. The molecular weight excluding hydrogens is 384 g/mol. The minimum absolute atomic E-state index is 0.109. The Hall–Kier alpha value is -2.72. The maximum atomic E-state index is 13.4. The molecule has 1 aliphatic carbocycles. The molecule has 0 saturated carbocycles. The van der Waals surface area contributed by atoms with Crippen molar-refractivity contribution in [2.45, 2.75) is 25.4 Å². The first-order valence-electron chi connectivity index (χ1n) is 8.83. The van der Waals surface area contributed by atoms with Crippen molar-refractivity contribution in [2.75, 3.05) is 27.8 Å². The Kier molecular flexibility index (Phi) is 5.26. The molecular formula is C20H21ClN2O5. The summed E-state index contributed by atoms with van der Waals surface area (Å²) in [5.41, 5.74) is -0.755. The highest BCUT2D eigenvalue weighted by atomic mass is 35.5. The number of halogens is 1. The number of Topliss-reactive ketones (excluding diaryl/α,β-unsaturated/α-hetero) is 1. The largest absolute Gasteiger partial charge is 0.496 e. The van der Waals surface area contributed by atoms with E-state index in [0.29, 0.717) is 25.1 Å². The molecule has 1 aromatic rings. The number of allylic oxidation sites excluding steroid dienone is 1. The van der Waals surface area contributed by atoms with E-state index in [-0.39, 0.29) is 22.1 Å². The van der Waals surface area contributed by atoms with Crippen LogP contribution in [0, 0.1) is 17.2 Å². The molecule has 0 aromatic heterocycles. The SMILES string of the molecule is COc1cc(OC)c2c(c1Cl)O[C@@]1(C(=O)C=C(N(C)CCC#N)C[C@H]1C)C2=O. The molecule has 2 atom stereocenters. The van der Waals surface area contributed by atoms with Gasteiger partial charge in [-0.3, -0.25) is 9.59 Å². The fourth-order valence-electron chi connectivity index (χ4n) is 3.73. The third-order valence-electron chi connectivity index (χ3n) is 5.34. The molecule has 3 rings (SSSR count). The summed E-state index contributed by atoms with van der Waals surface area (Å²) in [5.74, 6) is -0.682. The summed E-state index contributed by atoms with van der Waals surface area (Å²) in [5, 5.41) is 8.90. The Labute approximate surface area is 168 Å². The van der Waals surface area contributed by atoms with Gasteiger partial charge < -0.3 is 19.1 Å². The number of ketones is 2. The fourth-order valence-corrected chi connectivity index (χ4v) is 4.00. The molecule has 1 aliphatic heterocycles. The Morgan fingerprint density at radius 3 is 2.61 bits per heavy atom. The van der Waals surface area contributed by atoms with E-state index in [2.05, 4.69) is 6.07 Å². The molecule has 1 aromatic carbocycles. The monoisotopic (exact) mass is 404 g/mol. The molecule has 7 nitrogen and oxygen atoms in total. The van der Waals surface area contributed by atoms with Gasteiger partial charge >= 0.3 is 0 Å². The van der Waals surface area contributed by atoms with E-state index in [1.165, 1.54) is 26.4 Å². The minimum Gasteiger partial charge on any atom is -0.496 e. The molecule has 2 aliphatic rings. The third kappa shape index (κ3) is 2.80. The summed E-state index contributed by atoms with van der Waals surface area (Å²) < 4.78 is 16.5. The average molecular weight is 405 g/mol. The van der Waals surface area contributed by atoms with Crippen LogP contribution in [0.3, 0.4) is 0 Å². The van der Waals surface area contributed by atoms with Gasteiger partial charge in [0.25, 0.3) is 0 Å². The second-order valence-corrected chi connectivity index (χ2v) is 7.28. The quantitative estimate of drug-likeness (QED) is 0.697. The highest BCUT2D eigenvalue weighted by Gasteiger charge is 2.60. The lowest BCUT2D eigenvalue weighted by Gasteiger charge is -2.37. The summed E-state index contributed by atoms with van der Waals surface area (Å²) in [6, 6.07) is 3.59. The smallest absolute Gasteiger partial charge is 0.236 e. The molecule has 0 bridgehead atoms. The summed E-state index contributed by atoms with van der Waals surface area (Å²) >= 11 is 6.36. The van der Waals surface area contributed by atoms with Crippen LogP contribution in [0.2, 0.25) is 5.02 Å². The van der Waals surface area contributed by atoms with Crippen molar-refractivity contribution in [3.63, 3.8) is 0 Å². The van der Waals surface area contributed by atoms with Crippen molar-refractivity contribution in [2.24, 2.45) is 5.92 Å². The first-order valence-corrected chi connectivity index (χ1v) is 9.20. The number of benzene rings is 1. The highest BCUT2D eigenvalue weighted by Crippen LogP contribution is 2.53. The van der Waals surface area contributed by atoms with Crippen LogP contribution in [-0.4, -0.2) is 49.9 Å². The summed E-state index contributed by atoms with van der Waals surface area (Å²) in [7, 11) is 4.69. The van der Waals surface area contributed by atoms with Gasteiger partial charge in [-0.1, -0.05) is 18.5 Å².